The van der Waals surface area contributed by atoms with E-state index in [2.05, 4.69) is 243 Å². The second-order valence-electron chi connectivity index (χ2n) is 18.0. The Morgan fingerprint density at radius 1 is 0.400 bits per heavy atom. The number of hydrogen-bond acceptors (Lipinski definition) is 1. The van der Waals surface area contributed by atoms with Gasteiger partial charge in [0.15, 0.2) is 5.54 Å². The zero-order valence-corrected chi connectivity index (χ0v) is 36.6. The second-order valence-corrected chi connectivity index (χ2v) is 18.0. The number of pyridine rings is 1. The summed E-state index contributed by atoms with van der Waals surface area (Å²) in [4.78, 5) is 5.22. The van der Waals surface area contributed by atoms with Crippen molar-refractivity contribution >= 4 is 0 Å². The molecule has 3 aliphatic carbocycles. The monoisotopic (exact) mass is 831 g/mol. The maximum atomic E-state index is 5.22. The molecule has 2 aromatic heterocycles. The maximum absolute atomic E-state index is 5.22. The predicted molar refractivity (Wildman–Crippen MR) is 260 cm³/mol. The van der Waals surface area contributed by atoms with Gasteiger partial charge in [-0.05, 0) is 102 Å². The van der Waals surface area contributed by atoms with Crippen LogP contribution in [0, 0.1) is 20.2 Å². The van der Waals surface area contributed by atoms with Gasteiger partial charge in [0.2, 0.25) is 6.33 Å². The number of aryl methyl sites for hydroxylation is 1. The normalized spacial score (nSPS) is 15.1. The molecule has 0 amide bonds. The topological polar surface area (TPSA) is 21.7 Å². The fourth-order valence-electron chi connectivity index (χ4n) is 12.5. The van der Waals surface area contributed by atoms with E-state index in [0.717, 1.165) is 5.69 Å². The van der Waals surface area contributed by atoms with Gasteiger partial charge in [-0.15, -0.1) is 0 Å². The molecule has 65 heavy (non-hydrogen) atoms. The van der Waals surface area contributed by atoms with Gasteiger partial charge in [-0.2, -0.15) is 0 Å². The summed E-state index contributed by atoms with van der Waals surface area (Å²) in [5, 5.41) is 0. The molecule has 13 rings (SSSR count). The second kappa shape index (κ2) is 13.8. The number of nitrogens with zero attached hydrogens (tertiary/aromatic N) is 3. The Morgan fingerprint density at radius 3 is 1.20 bits per heavy atom. The van der Waals surface area contributed by atoms with Gasteiger partial charge in [-0.3, -0.25) is 4.98 Å². The van der Waals surface area contributed by atoms with Crippen molar-refractivity contribution in [1.29, 1.82) is 0 Å². The van der Waals surface area contributed by atoms with Crippen molar-refractivity contribution in [3.8, 4) is 33.4 Å². The van der Waals surface area contributed by atoms with Crippen molar-refractivity contribution in [2.75, 3.05) is 0 Å². The van der Waals surface area contributed by atoms with Gasteiger partial charge in [0.1, 0.15) is 0 Å². The molecule has 0 aliphatic heterocycles. The van der Waals surface area contributed by atoms with Crippen molar-refractivity contribution in [3.63, 3.8) is 0 Å². The first-order chi connectivity index (χ1) is 32.0. The van der Waals surface area contributed by atoms with Crippen LogP contribution in [0.25, 0.3) is 33.4 Å². The number of hydrogen-bond donors (Lipinski definition) is 0. The van der Waals surface area contributed by atoms with Crippen LogP contribution in [-0.2, 0) is 23.4 Å². The third-order valence-corrected chi connectivity index (χ3v) is 15.3. The van der Waals surface area contributed by atoms with Crippen LogP contribution in [0.1, 0.15) is 72.7 Å². The van der Waals surface area contributed by atoms with E-state index >= 15 is 0 Å². The first-order valence-electron chi connectivity index (χ1n) is 22.7. The Bertz CT molecular complexity index is 3420. The van der Waals surface area contributed by atoms with Crippen LogP contribution in [0.4, 0.5) is 0 Å². The third-order valence-electron chi connectivity index (χ3n) is 15.3. The minimum atomic E-state index is -0.694. The van der Waals surface area contributed by atoms with Crippen molar-refractivity contribution < 1.29 is 4.57 Å². The van der Waals surface area contributed by atoms with Crippen molar-refractivity contribution in [1.82, 2.24) is 9.55 Å². The molecular weight excluding hydrogens is 787 g/mol. The zero-order valence-electron chi connectivity index (χ0n) is 36.6. The van der Waals surface area contributed by atoms with Gasteiger partial charge in [-0.1, -0.05) is 208 Å². The Labute approximate surface area is 380 Å². The van der Waals surface area contributed by atoms with Gasteiger partial charge in [0.25, 0.3) is 0 Å². The molecule has 0 bridgehead atoms. The number of benzene rings is 8. The minimum absolute atomic E-state index is 0.651. The minimum Gasteiger partial charge on any atom is -0.351 e. The summed E-state index contributed by atoms with van der Waals surface area (Å²) >= 11 is 0. The Balaban J connectivity index is 1.14. The lowest BCUT2D eigenvalue weighted by Crippen LogP contribution is -2.38. The maximum Gasteiger partial charge on any atom is 0.205 e. The molecule has 0 saturated carbocycles. The molecule has 0 unspecified atom stereocenters. The van der Waals surface area contributed by atoms with Gasteiger partial charge < -0.3 is 9.13 Å². The van der Waals surface area contributed by atoms with E-state index in [1.165, 1.54) is 100 Å². The summed E-state index contributed by atoms with van der Waals surface area (Å²) < 4.78 is 4.57. The Kier molecular flexibility index (Phi) is 8.00. The molecule has 3 heteroatoms. The molecule has 3 aliphatic rings. The van der Waals surface area contributed by atoms with Gasteiger partial charge in [-0.25, -0.2) is 0 Å². The molecule has 0 radical (unpaired) electrons. The average molecular weight is 832 g/mol. The van der Waals surface area contributed by atoms with Crippen LogP contribution in [0.3, 0.4) is 0 Å². The van der Waals surface area contributed by atoms with Crippen LogP contribution in [0.15, 0.2) is 219 Å². The summed E-state index contributed by atoms with van der Waals surface area (Å²) in [5.41, 5.74) is 21.3. The standard InChI is InChI=1S/C62H45N3/c1-41-42(2)65(40-64(41)3)62(57-34-14-8-28-51(57)52-29-9-15-35-58(52)62)46-23-19-21-44(39-46)60(53-30-10-4-24-47(53)48-25-5-11-31-54(48)60)43-20-18-22-45(38-43)61(59-36-16-17-37-63-59)55-32-12-6-26-49(55)50-27-7-13-33-56(50)61/h4-39H,1-3H3. The van der Waals surface area contributed by atoms with E-state index in [1.54, 1.807) is 0 Å². The average Bonchev–Trinajstić information content (AvgIpc) is 4.04. The molecule has 0 N–H and O–H groups in total. The molecule has 0 spiro atoms. The summed E-state index contributed by atoms with van der Waals surface area (Å²) in [6.45, 7) is 4.45. The molecule has 2 heterocycles. The van der Waals surface area contributed by atoms with Crippen LogP contribution < -0.4 is 4.57 Å². The largest absolute Gasteiger partial charge is 0.351 e. The van der Waals surface area contributed by atoms with Gasteiger partial charge >= 0.3 is 0 Å². The summed E-state index contributed by atoms with van der Waals surface area (Å²) in [6.07, 6.45) is 5.79. The van der Waals surface area contributed by atoms with Crippen LogP contribution in [0.2, 0.25) is 0 Å². The van der Waals surface area contributed by atoms with Crippen LogP contribution in [0.5, 0.6) is 0 Å². The molecule has 0 saturated heterocycles. The fourth-order valence-corrected chi connectivity index (χ4v) is 12.5. The number of rotatable bonds is 6. The lowest BCUT2D eigenvalue weighted by atomic mass is 9.64. The lowest BCUT2D eigenvalue weighted by Gasteiger charge is -2.38. The van der Waals surface area contributed by atoms with Crippen molar-refractivity contribution in [3.05, 3.63) is 298 Å². The highest BCUT2D eigenvalue weighted by molar-refractivity contribution is 5.89. The molecule has 3 nitrogen and oxygen atoms in total. The smallest absolute Gasteiger partial charge is 0.205 e. The number of imidazole rings is 1. The third kappa shape index (κ3) is 4.75. The highest BCUT2D eigenvalue weighted by atomic mass is 15.2. The van der Waals surface area contributed by atoms with Gasteiger partial charge in [0, 0.05) is 22.9 Å². The molecule has 0 fully saturated rings. The SMILES string of the molecule is Cc1c(C)[n+](C)[c-]n1C1(c2cccc(C3(c4cccc(C5(c6ccccn6)c6ccccc6-c6ccccc65)c4)c4ccccc4-c4ccccc43)c2)c2ccccc2-c2ccccc21. The summed E-state index contributed by atoms with van der Waals surface area (Å²) in [7, 11) is 2.11. The predicted octanol–water partition coefficient (Wildman–Crippen LogP) is 12.7. The molecule has 308 valence electrons. The van der Waals surface area contributed by atoms with Crippen LogP contribution >= 0.6 is 0 Å². The molecule has 8 aromatic carbocycles. The quantitative estimate of drug-likeness (QED) is 0.121. The Hall–Kier alpha value is -7.88. The van der Waals surface area contributed by atoms with Gasteiger partial charge in [0.05, 0.1) is 23.6 Å². The van der Waals surface area contributed by atoms with Crippen LogP contribution in [-0.4, -0.2) is 9.55 Å². The highest BCUT2D eigenvalue weighted by Gasteiger charge is 2.53. The molecular formula is C62H45N3. The van der Waals surface area contributed by atoms with E-state index in [9.17, 15) is 0 Å². The van der Waals surface area contributed by atoms with Crippen molar-refractivity contribution in [2.24, 2.45) is 7.05 Å². The zero-order chi connectivity index (χ0) is 43.5. The highest BCUT2D eigenvalue weighted by Crippen LogP contribution is 2.60. The summed E-state index contributed by atoms with van der Waals surface area (Å²) in [5.74, 6) is 0. The Morgan fingerprint density at radius 2 is 0.769 bits per heavy atom. The van der Waals surface area contributed by atoms with E-state index in [-0.39, 0.29) is 0 Å². The first-order valence-corrected chi connectivity index (χ1v) is 22.7. The van der Waals surface area contributed by atoms with E-state index in [1.807, 2.05) is 12.3 Å². The fraction of sp³-hybridized carbons (Fsp3) is 0.0968. The van der Waals surface area contributed by atoms with E-state index in [0.29, 0.717) is 0 Å². The first kappa shape index (κ1) is 37.7. The molecule has 0 atom stereocenters. The number of fused-ring (bicyclic) bond motifs is 9. The lowest BCUT2D eigenvalue weighted by molar-refractivity contribution is -0.681. The van der Waals surface area contributed by atoms with E-state index < -0.39 is 16.4 Å². The van der Waals surface area contributed by atoms with Crippen molar-refractivity contribution in [2.45, 2.75) is 30.2 Å². The van der Waals surface area contributed by atoms with E-state index in [4.69, 9.17) is 4.98 Å². The summed E-state index contributed by atoms with van der Waals surface area (Å²) in [6, 6.07) is 79.5. The number of aromatic nitrogens is 3. The molecule has 10 aromatic rings.